The lowest BCUT2D eigenvalue weighted by Crippen LogP contribution is -2.10. The second-order valence-electron chi connectivity index (χ2n) is 7.13. The van der Waals surface area contributed by atoms with Crippen LogP contribution in [0.5, 0.6) is 5.75 Å². The van der Waals surface area contributed by atoms with Crippen molar-refractivity contribution in [1.82, 2.24) is 0 Å². The summed E-state index contributed by atoms with van der Waals surface area (Å²) in [5.41, 5.74) is 4.58. The summed E-state index contributed by atoms with van der Waals surface area (Å²) >= 11 is 0. The van der Waals surface area contributed by atoms with E-state index in [4.69, 9.17) is 9.47 Å². The Morgan fingerprint density at radius 2 is 1.66 bits per heavy atom. The molecule has 1 aliphatic rings. The summed E-state index contributed by atoms with van der Waals surface area (Å²) in [4.78, 5) is 25.1. The maximum Gasteiger partial charge on any atom is 0.338 e. The highest BCUT2D eigenvalue weighted by Crippen LogP contribution is 2.38. The van der Waals surface area contributed by atoms with Gasteiger partial charge in [-0.05, 0) is 55.8 Å². The van der Waals surface area contributed by atoms with Gasteiger partial charge in [0.25, 0.3) is 5.91 Å². The van der Waals surface area contributed by atoms with Crippen molar-refractivity contribution in [2.75, 3.05) is 23.8 Å². The molecule has 6 nitrogen and oxygen atoms in total. The maximum absolute atomic E-state index is 13.0. The summed E-state index contributed by atoms with van der Waals surface area (Å²) in [7, 11) is 0. The van der Waals surface area contributed by atoms with E-state index in [0.717, 1.165) is 22.6 Å². The number of rotatable bonds is 7. The van der Waals surface area contributed by atoms with Crippen LogP contribution in [0.1, 0.15) is 35.3 Å². The molecule has 0 unspecified atom stereocenters. The first-order valence-corrected chi connectivity index (χ1v) is 10.5. The molecule has 3 aromatic rings. The van der Waals surface area contributed by atoms with Crippen LogP contribution in [0.2, 0.25) is 0 Å². The molecular formula is C26H24N2O4. The number of anilines is 2. The highest BCUT2D eigenvalue weighted by molar-refractivity contribution is 6.37. The first-order chi connectivity index (χ1) is 15.6. The molecule has 0 atom stereocenters. The zero-order chi connectivity index (χ0) is 22.5. The van der Waals surface area contributed by atoms with Gasteiger partial charge in [0.05, 0.1) is 35.7 Å². The molecule has 1 aliphatic heterocycles. The number of ether oxygens (including phenoxy) is 2. The van der Waals surface area contributed by atoms with E-state index in [9.17, 15) is 9.59 Å². The predicted octanol–water partition coefficient (Wildman–Crippen LogP) is 5.19. The minimum absolute atomic E-state index is 0.238. The summed E-state index contributed by atoms with van der Waals surface area (Å²) in [5.74, 6) is 0.124. The van der Waals surface area contributed by atoms with Gasteiger partial charge in [0.2, 0.25) is 0 Å². The van der Waals surface area contributed by atoms with Crippen LogP contribution in [-0.4, -0.2) is 25.1 Å². The fourth-order valence-corrected chi connectivity index (χ4v) is 3.59. The van der Waals surface area contributed by atoms with Crippen molar-refractivity contribution >= 4 is 34.5 Å². The number of benzene rings is 3. The van der Waals surface area contributed by atoms with Crippen LogP contribution in [0.15, 0.2) is 72.8 Å². The van der Waals surface area contributed by atoms with Crippen molar-refractivity contribution in [3.63, 3.8) is 0 Å². The Morgan fingerprint density at radius 3 is 2.34 bits per heavy atom. The van der Waals surface area contributed by atoms with E-state index in [0.29, 0.717) is 29.1 Å². The average molecular weight is 428 g/mol. The smallest absolute Gasteiger partial charge is 0.338 e. The first-order valence-electron chi connectivity index (χ1n) is 10.5. The van der Waals surface area contributed by atoms with Crippen LogP contribution in [0.4, 0.5) is 11.4 Å². The van der Waals surface area contributed by atoms with Crippen molar-refractivity contribution in [1.29, 1.82) is 0 Å². The van der Waals surface area contributed by atoms with Gasteiger partial charge in [0.15, 0.2) is 0 Å². The summed E-state index contributed by atoms with van der Waals surface area (Å²) in [6.45, 7) is 4.58. The van der Waals surface area contributed by atoms with Gasteiger partial charge in [-0.25, -0.2) is 4.79 Å². The van der Waals surface area contributed by atoms with Crippen molar-refractivity contribution in [2.24, 2.45) is 0 Å². The predicted molar refractivity (Wildman–Crippen MR) is 126 cm³/mol. The van der Waals surface area contributed by atoms with Crippen molar-refractivity contribution < 1.29 is 19.1 Å². The van der Waals surface area contributed by atoms with Gasteiger partial charge in [0, 0.05) is 11.3 Å². The molecule has 162 valence electrons. The lowest BCUT2D eigenvalue weighted by Gasteiger charge is -2.15. The lowest BCUT2D eigenvalue weighted by atomic mass is 9.99. The molecule has 0 bridgehead atoms. The van der Waals surface area contributed by atoms with Crippen LogP contribution >= 0.6 is 0 Å². The summed E-state index contributed by atoms with van der Waals surface area (Å²) < 4.78 is 10.6. The molecule has 0 saturated heterocycles. The van der Waals surface area contributed by atoms with Crippen molar-refractivity contribution in [2.45, 2.75) is 13.8 Å². The second kappa shape index (κ2) is 9.39. The van der Waals surface area contributed by atoms with Gasteiger partial charge in [-0.15, -0.1) is 0 Å². The Bertz CT molecular complexity index is 1170. The zero-order valence-electron chi connectivity index (χ0n) is 18.0. The molecule has 0 aliphatic carbocycles. The largest absolute Gasteiger partial charge is 0.494 e. The Balaban J connectivity index is 1.78. The normalized spacial score (nSPS) is 13.8. The minimum atomic E-state index is -0.419. The monoisotopic (exact) mass is 428 g/mol. The Labute approximate surface area is 186 Å². The van der Waals surface area contributed by atoms with E-state index in [1.165, 1.54) is 0 Å². The van der Waals surface area contributed by atoms with E-state index in [1.54, 1.807) is 25.1 Å². The standard InChI is InChI=1S/C26H24N2O4/c1-3-31-20-13-11-19(12-14-20)27-24(17-8-6-5-7-9-17)23-21-15-10-18(26(30)32-4-2)16-22(21)28-25(23)29/h5-16,27H,3-4H2,1-2H3,(H,28,29)/b24-23-. The van der Waals surface area contributed by atoms with Crippen LogP contribution in [0, 0.1) is 0 Å². The highest BCUT2D eigenvalue weighted by Gasteiger charge is 2.29. The fourth-order valence-electron chi connectivity index (χ4n) is 3.59. The molecule has 6 heteroatoms. The summed E-state index contributed by atoms with van der Waals surface area (Å²) in [6.07, 6.45) is 0. The highest BCUT2D eigenvalue weighted by atomic mass is 16.5. The van der Waals surface area contributed by atoms with Gasteiger partial charge in [-0.2, -0.15) is 0 Å². The Hall–Kier alpha value is -4.06. The van der Waals surface area contributed by atoms with Gasteiger partial charge in [-0.3, -0.25) is 4.79 Å². The van der Waals surface area contributed by atoms with Crippen LogP contribution in [0.25, 0.3) is 11.3 Å². The minimum Gasteiger partial charge on any atom is -0.494 e. The van der Waals surface area contributed by atoms with E-state index in [-0.39, 0.29) is 12.5 Å². The third kappa shape index (κ3) is 4.34. The summed E-state index contributed by atoms with van der Waals surface area (Å²) in [5, 5.41) is 6.29. The van der Waals surface area contributed by atoms with Gasteiger partial charge in [-0.1, -0.05) is 36.4 Å². The number of amides is 1. The number of fused-ring (bicyclic) bond motifs is 1. The molecule has 0 radical (unpaired) electrons. The third-order valence-corrected chi connectivity index (χ3v) is 5.02. The van der Waals surface area contributed by atoms with Crippen molar-refractivity contribution in [3.8, 4) is 5.75 Å². The molecule has 0 aromatic heterocycles. The summed E-state index contributed by atoms with van der Waals surface area (Å²) in [6, 6.07) is 22.4. The Kier molecular flexibility index (Phi) is 6.22. The average Bonchev–Trinajstić information content (AvgIpc) is 3.14. The molecule has 4 rings (SSSR count). The number of nitrogens with one attached hydrogen (secondary N) is 2. The fraction of sp³-hybridized carbons (Fsp3) is 0.154. The van der Waals surface area contributed by atoms with Gasteiger partial charge < -0.3 is 20.1 Å². The molecule has 3 aromatic carbocycles. The SMILES string of the molecule is CCOC(=O)c1ccc2c(c1)NC(=O)/C2=C(\Nc1ccc(OCC)cc1)c1ccccc1. The number of esters is 1. The topological polar surface area (TPSA) is 76.7 Å². The van der Waals surface area contributed by atoms with E-state index >= 15 is 0 Å². The van der Waals surface area contributed by atoms with E-state index < -0.39 is 5.97 Å². The van der Waals surface area contributed by atoms with Crippen LogP contribution < -0.4 is 15.4 Å². The van der Waals surface area contributed by atoms with Crippen LogP contribution in [-0.2, 0) is 9.53 Å². The first kappa shape index (κ1) is 21.2. The second-order valence-corrected chi connectivity index (χ2v) is 7.13. The number of carbonyl (C=O) groups excluding carboxylic acids is 2. The van der Waals surface area contributed by atoms with Crippen LogP contribution in [0.3, 0.4) is 0 Å². The number of hydrogen-bond acceptors (Lipinski definition) is 5. The molecule has 1 amide bonds. The zero-order valence-corrected chi connectivity index (χ0v) is 18.0. The number of carbonyl (C=O) groups is 2. The molecular weight excluding hydrogens is 404 g/mol. The molecule has 1 heterocycles. The van der Waals surface area contributed by atoms with E-state index in [2.05, 4.69) is 10.6 Å². The molecule has 0 fully saturated rings. The number of hydrogen-bond donors (Lipinski definition) is 2. The van der Waals surface area contributed by atoms with E-state index in [1.807, 2.05) is 61.5 Å². The quantitative estimate of drug-likeness (QED) is 0.400. The molecule has 32 heavy (non-hydrogen) atoms. The van der Waals surface area contributed by atoms with Crippen molar-refractivity contribution in [3.05, 3.63) is 89.5 Å². The Morgan fingerprint density at radius 1 is 0.906 bits per heavy atom. The molecule has 2 N–H and O–H groups in total. The van der Waals surface area contributed by atoms with Gasteiger partial charge in [0.1, 0.15) is 5.75 Å². The molecule has 0 saturated carbocycles. The third-order valence-electron chi connectivity index (χ3n) is 5.02. The lowest BCUT2D eigenvalue weighted by molar-refractivity contribution is -0.110. The molecule has 0 spiro atoms. The van der Waals surface area contributed by atoms with Gasteiger partial charge >= 0.3 is 5.97 Å². The maximum atomic E-state index is 13.0.